The minimum atomic E-state index is -0.892. The maximum atomic E-state index is 11.1. The van der Waals surface area contributed by atoms with Gasteiger partial charge in [0.1, 0.15) is 16.3 Å². The third kappa shape index (κ3) is 4.06. The summed E-state index contributed by atoms with van der Waals surface area (Å²) in [4.78, 5) is 18.2. The molecule has 0 amide bonds. The van der Waals surface area contributed by atoms with Crippen molar-refractivity contribution in [2.45, 2.75) is 31.4 Å². The number of H-pyrrole nitrogens is 1. The normalized spacial score (nSPS) is 21.7. The van der Waals surface area contributed by atoms with Gasteiger partial charge in [0.25, 0.3) is 0 Å². The molecule has 1 atom stereocenters. The molecule has 4 aromatic rings. The Morgan fingerprint density at radius 3 is 2.65 bits per heavy atom. The van der Waals surface area contributed by atoms with Gasteiger partial charge in [0.15, 0.2) is 0 Å². The summed E-state index contributed by atoms with van der Waals surface area (Å²) in [6.07, 6.45) is 6.83. The Kier molecular flexibility index (Phi) is 5.70. The molecule has 1 aromatic carbocycles. The van der Waals surface area contributed by atoms with Crippen molar-refractivity contribution >= 4 is 34.0 Å². The van der Waals surface area contributed by atoms with Gasteiger partial charge in [0.2, 0.25) is 0 Å². The van der Waals surface area contributed by atoms with E-state index in [1.807, 2.05) is 13.2 Å². The largest absolute Gasteiger partial charge is 0.381 e. The van der Waals surface area contributed by atoms with E-state index in [4.69, 9.17) is 11.6 Å². The van der Waals surface area contributed by atoms with Crippen molar-refractivity contribution < 1.29 is 5.11 Å². The van der Waals surface area contributed by atoms with E-state index in [0.29, 0.717) is 18.0 Å². The Hall–Kier alpha value is -2.29. The molecular weight excluding hydrogens is 466 g/mol. The summed E-state index contributed by atoms with van der Waals surface area (Å²) in [6, 6.07) is 10.9. The van der Waals surface area contributed by atoms with Crippen molar-refractivity contribution in [3.63, 3.8) is 0 Å². The molecule has 2 saturated heterocycles. The molecule has 1 unspecified atom stereocenters. The van der Waals surface area contributed by atoms with Gasteiger partial charge in [-0.25, -0.2) is 9.97 Å². The molecule has 8 heteroatoms. The third-order valence-corrected chi connectivity index (χ3v) is 8.57. The van der Waals surface area contributed by atoms with Crippen LogP contribution in [0.3, 0.4) is 0 Å². The number of likely N-dealkylation sites (N-methyl/N-ethyl adjacent to an activating group) is 1. The molecule has 176 valence electrons. The number of halogens is 1. The second-order valence-corrected chi connectivity index (χ2v) is 11.1. The molecule has 5 heterocycles. The summed E-state index contributed by atoms with van der Waals surface area (Å²) >= 11 is 8.17. The van der Waals surface area contributed by atoms with E-state index in [0.717, 1.165) is 50.8 Å². The molecule has 6 nitrogen and oxygen atoms in total. The Balaban J connectivity index is 1.32. The lowest BCUT2D eigenvalue weighted by atomic mass is 10.1. The van der Waals surface area contributed by atoms with E-state index in [9.17, 15) is 5.11 Å². The summed E-state index contributed by atoms with van der Waals surface area (Å²) in [5.41, 5.74) is 4.30. The topological polar surface area (TPSA) is 68.3 Å². The molecule has 2 aliphatic heterocycles. The maximum absolute atomic E-state index is 11.1. The number of β-amino-alcohol motifs (C(OH)–C–C–N with tert-alkyl or cyclic N) is 1. The smallest absolute Gasteiger partial charge is 0.138 e. The van der Waals surface area contributed by atoms with Gasteiger partial charge in [-0.05, 0) is 56.6 Å². The average molecular weight is 494 g/mol. The number of aliphatic hydroxyl groups is 1. The highest BCUT2D eigenvalue weighted by Crippen LogP contribution is 2.42. The molecular formula is C26H28ClN5OS. The van der Waals surface area contributed by atoms with Crippen LogP contribution >= 0.6 is 22.9 Å². The van der Waals surface area contributed by atoms with Gasteiger partial charge in [0, 0.05) is 48.7 Å². The first-order chi connectivity index (χ1) is 16.5. The minimum Gasteiger partial charge on any atom is -0.381 e. The fourth-order valence-corrected chi connectivity index (χ4v) is 6.61. The monoisotopic (exact) mass is 493 g/mol. The minimum absolute atomic E-state index is 0.588. The first-order valence-corrected chi connectivity index (χ1v) is 13.0. The number of nitrogens with one attached hydrogen (secondary N) is 1. The van der Waals surface area contributed by atoms with Crippen LogP contribution in [0.2, 0.25) is 5.02 Å². The number of fused-ring (bicyclic) bond motifs is 1. The van der Waals surface area contributed by atoms with E-state index < -0.39 is 5.60 Å². The van der Waals surface area contributed by atoms with Crippen LogP contribution in [-0.4, -0.2) is 63.1 Å². The highest BCUT2D eigenvalue weighted by atomic mass is 35.5. The SMILES string of the molecule is CN1CCC(O)(c2ncc(-c3c(Cl)cnc4[nH]c(-c5ccc(CN6CCCC6)cc5)cc34)s2)C1. The van der Waals surface area contributed by atoms with E-state index in [-0.39, 0.29) is 0 Å². The quantitative estimate of drug-likeness (QED) is 0.403. The zero-order chi connectivity index (χ0) is 23.3. The van der Waals surface area contributed by atoms with Crippen LogP contribution in [0, 0.1) is 0 Å². The standard InChI is InChI=1S/C26H28ClN5OS/c1-31-11-8-26(33,16-31)25-29-14-22(34-25)23-19-12-21(30-24(19)28-13-20(23)27)18-6-4-17(5-7-18)15-32-9-2-3-10-32/h4-7,12-14,33H,2-3,8-11,15-16H2,1H3,(H,28,30). The van der Waals surface area contributed by atoms with Crippen LogP contribution < -0.4 is 0 Å². The van der Waals surface area contributed by atoms with Crippen molar-refractivity contribution in [2.75, 3.05) is 33.2 Å². The molecule has 2 fully saturated rings. The van der Waals surface area contributed by atoms with Crippen LogP contribution in [0.1, 0.15) is 29.8 Å². The Bertz CT molecular complexity index is 1330. The van der Waals surface area contributed by atoms with Gasteiger partial charge in [-0.3, -0.25) is 4.90 Å². The molecule has 6 rings (SSSR count). The van der Waals surface area contributed by atoms with Crippen molar-refractivity contribution in [3.8, 4) is 21.7 Å². The average Bonchev–Trinajstić information content (AvgIpc) is 3.62. The molecule has 0 spiro atoms. The third-order valence-electron chi connectivity index (χ3n) is 7.07. The molecule has 34 heavy (non-hydrogen) atoms. The van der Waals surface area contributed by atoms with Crippen molar-refractivity contribution in [3.05, 3.63) is 58.3 Å². The fraction of sp³-hybridized carbons (Fsp3) is 0.385. The summed E-state index contributed by atoms with van der Waals surface area (Å²) < 4.78 is 0. The first kappa shape index (κ1) is 22.2. The van der Waals surface area contributed by atoms with Crippen LogP contribution in [-0.2, 0) is 12.1 Å². The second kappa shape index (κ2) is 8.73. The number of hydrogen-bond acceptors (Lipinski definition) is 6. The maximum Gasteiger partial charge on any atom is 0.138 e. The van der Waals surface area contributed by atoms with E-state index in [1.165, 1.54) is 42.8 Å². The van der Waals surface area contributed by atoms with E-state index >= 15 is 0 Å². The molecule has 0 radical (unpaired) electrons. The number of hydrogen-bond donors (Lipinski definition) is 2. The zero-order valence-corrected chi connectivity index (χ0v) is 20.8. The predicted molar refractivity (Wildman–Crippen MR) is 138 cm³/mol. The highest BCUT2D eigenvalue weighted by molar-refractivity contribution is 7.15. The number of pyridine rings is 1. The highest BCUT2D eigenvalue weighted by Gasteiger charge is 2.39. The van der Waals surface area contributed by atoms with E-state index in [1.54, 1.807) is 6.20 Å². The number of benzene rings is 1. The van der Waals surface area contributed by atoms with Crippen molar-refractivity contribution in [1.29, 1.82) is 0 Å². The number of aromatic amines is 1. The summed E-state index contributed by atoms with van der Waals surface area (Å²) in [7, 11) is 2.02. The Morgan fingerprint density at radius 2 is 1.91 bits per heavy atom. The van der Waals surface area contributed by atoms with Crippen molar-refractivity contribution in [2.24, 2.45) is 0 Å². The van der Waals surface area contributed by atoms with Crippen molar-refractivity contribution in [1.82, 2.24) is 24.8 Å². The van der Waals surface area contributed by atoms with Crippen LogP contribution in [0.15, 0.2) is 42.7 Å². The van der Waals surface area contributed by atoms with Gasteiger partial charge < -0.3 is 15.0 Å². The Labute approximate surface area is 208 Å². The number of aromatic nitrogens is 3. The van der Waals surface area contributed by atoms with E-state index in [2.05, 4.69) is 55.1 Å². The van der Waals surface area contributed by atoms with Crippen LogP contribution in [0.5, 0.6) is 0 Å². The number of nitrogens with zero attached hydrogens (tertiary/aromatic N) is 4. The van der Waals surface area contributed by atoms with Crippen LogP contribution in [0.4, 0.5) is 0 Å². The molecule has 0 bridgehead atoms. The number of likely N-dealkylation sites (tertiary alicyclic amines) is 2. The van der Waals surface area contributed by atoms with Gasteiger partial charge in [-0.1, -0.05) is 35.9 Å². The molecule has 3 aromatic heterocycles. The lowest BCUT2D eigenvalue weighted by Gasteiger charge is -2.19. The van der Waals surface area contributed by atoms with Gasteiger partial charge in [0.05, 0.1) is 9.90 Å². The van der Waals surface area contributed by atoms with Crippen LogP contribution in [0.25, 0.3) is 32.7 Å². The molecule has 2 N–H and O–H groups in total. The number of rotatable bonds is 5. The lowest BCUT2D eigenvalue weighted by molar-refractivity contribution is 0.0486. The lowest BCUT2D eigenvalue weighted by Crippen LogP contribution is -2.28. The van der Waals surface area contributed by atoms with Gasteiger partial charge in [-0.15, -0.1) is 11.3 Å². The zero-order valence-electron chi connectivity index (χ0n) is 19.2. The second-order valence-electron chi connectivity index (χ2n) is 9.66. The summed E-state index contributed by atoms with van der Waals surface area (Å²) in [5.74, 6) is 0. The summed E-state index contributed by atoms with van der Waals surface area (Å²) in [6.45, 7) is 4.88. The van der Waals surface area contributed by atoms with Gasteiger partial charge >= 0.3 is 0 Å². The molecule has 0 saturated carbocycles. The Morgan fingerprint density at radius 1 is 1.12 bits per heavy atom. The fourth-order valence-electron chi connectivity index (χ4n) is 5.20. The predicted octanol–water partition coefficient (Wildman–Crippen LogP) is 5.13. The van der Waals surface area contributed by atoms with Gasteiger partial charge in [-0.2, -0.15) is 0 Å². The molecule has 0 aliphatic carbocycles. The number of thiazole rings is 1. The first-order valence-electron chi connectivity index (χ1n) is 11.8. The molecule has 2 aliphatic rings. The summed E-state index contributed by atoms with van der Waals surface area (Å²) in [5, 5.41) is 13.4.